The number of carbonyl (C=O) groups excluding carboxylic acids is 2. The van der Waals surface area contributed by atoms with Crippen LogP contribution < -0.4 is 4.74 Å². The highest BCUT2D eigenvalue weighted by Crippen LogP contribution is 2.39. The quantitative estimate of drug-likeness (QED) is 0.221. The zero-order valence-corrected chi connectivity index (χ0v) is 15.5. The molecule has 0 heterocycles. The van der Waals surface area contributed by atoms with Gasteiger partial charge in [-0.1, -0.05) is 30.0 Å². The molecule has 0 atom stereocenters. The van der Waals surface area contributed by atoms with Gasteiger partial charge in [0.25, 0.3) is 0 Å². The smallest absolute Gasteiger partial charge is 0.426 e. The van der Waals surface area contributed by atoms with E-state index in [-0.39, 0.29) is 22.4 Å². The van der Waals surface area contributed by atoms with Gasteiger partial charge in [-0.05, 0) is 42.8 Å². The Morgan fingerprint density at radius 1 is 1.04 bits per heavy atom. The van der Waals surface area contributed by atoms with Crippen LogP contribution in [-0.2, 0) is 9.53 Å². The fraction of sp³-hybridized carbons (Fsp3) is 0.158. The number of esters is 2. The summed E-state index contributed by atoms with van der Waals surface area (Å²) in [5.41, 5.74) is -1.34. The third-order valence-electron chi connectivity index (χ3n) is 3.44. The third kappa shape index (κ3) is 5.35. The maximum atomic E-state index is 14.1. The number of alkyl halides is 3. The van der Waals surface area contributed by atoms with E-state index in [9.17, 15) is 27.2 Å². The van der Waals surface area contributed by atoms with E-state index in [1.807, 2.05) is 0 Å². The molecule has 2 aromatic rings. The van der Waals surface area contributed by atoms with Gasteiger partial charge < -0.3 is 9.47 Å². The molecule has 0 aromatic heterocycles. The first-order valence-corrected chi connectivity index (χ1v) is 8.56. The lowest BCUT2D eigenvalue weighted by molar-refractivity contribution is -0.148. The molecule has 0 radical (unpaired) electrons. The summed E-state index contributed by atoms with van der Waals surface area (Å²) in [5.74, 6) is -2.29. The molecule has 0 bridgehead atoms. The maximum absolute atomic E-state index is 14.1. The van der Waals surface area contributed by atoms with Crippen LogP contribution in [0.15, 0.2) is 64.2 Å². The Labute approximate surface area is 162 Å². The van der Waals surface area contributed by atoms with Gasteiger partial charge in [0.15, 0.2) is 10.7 Å². The molecule has 4 nitrogen and oxygen atoms in total. The van der Waals surface area contributed by atoms with Crippen LogP contribution in [0.25, 0.3) is 0 Å². The Hall–Kier alpha value is -2.81. The number of ether oxygens (including phenoxy) is 2. The molecule has 2 rings (SSSR count). The van der Waals surface area contributed by atoms with Crippen molar-refractivity contribution in [3.05, 3.63) is 70.4 Å². The Morgan fingerprint density at radius 3 is 2.21 bits per heavy atom. The van der Waals surface area contributed by atoms with E-state index in [1.165, 1.54) is 25.1 Å². The molecular weight excluding hydrogens is 400 g/mol. The lowest BCUT2D eigenvalue weighted by atomic mass is 10.2. The number of hydrogen-bond acceptors (Lipinski definition) is 5. The van der Waals surface area contributed by atoms with Crippen LogP contribution in [0, 0.1) is 6.92 Å². The minimum absolute atomic E-state index is 0.114. The van der Waals surface area contributed by atoms with Crippen molar-refractivity contribution in [1.29, 1.82) is 0 Å². The van der Waals surface area contributed by atoms with Crippen LogP contribution in [0.1, 0.15) is 15.9 Å². The number of carbonyl (C=O) groups is 2. The Kier molecular flexibility index (Phi) is 6.85. The number of hydrogen-bond donors (Lipinski definition) is 0. The van der Waals surface area contributed by atoms with E-state index in [2.05, 4.69) is 4.74 Å². The predicted octanol–water partition coefficient (Wildman–Crippen LogP) is 5.22. The molecule has 0 N–H and O–H groups in total. The van der Waals surface area contributed by atoms with E-state index in [1.54, 1.807) is 30.3 Å². The van der Waals surface area contributed by atoms with E-state index < -0.39 is 28.8 Å². The van der Waals surface area contributed by atoms with E-state index in [4.69, 9.17) is 4.74 Å². The first kappa shape index (κ1) is 21.5. The fourth-order valence-corrected chi connectivity index (χ4v) is 2.95. The predicted molar refractivity (Wildman–Crippen MR) is 94.6 cm³/mol. The van der Waals surface area contributed by atoms with Crippen molar-refractivity contribution in [2.75, 3.05) is 7.11 Å². The van der Waals surface area contributed by atoms with Gasteiger partial charge in [0, 0.05) is 4.90 Å². The molecule has 0 amide bonds. The van der Waals surface area contributed by atoms with Crippen molar-refractivity contribution in [2.45, 2.75) is 18.0 Å². The fourth-order valence-electron chi connectivity index (χ4n) is 2.10. The highest BCUT2D eigenvalue weighted by molar-refractivity contribution is 8.03. The summed E-state index contributed by atoms with van der Waals surface area (Å²) in [6.07, 6.45) is -5.21. The van der Waals surface area contributed by atoms with Crippen LogP contribution in [0.5, 0.6) is 5.75 Å². The molecule has 0 saturated heterocycles. The highest BCUT2D eigenvalue weighted by Gasteiger charge is 2.43. The van der Waals surface area contributed by atoms with Crippen LogP contribution >= 0.6 is 11.8 Å². The monoisotopic (exact) mass is 414 g/mol. The molecule has 0 saturated carbocycles. The minimum Gasteiger partial charge on any atom is -0.465 e. The van der Waals surface area contributed by atoms with Gasteiger partial charge in [0.05, 0.1) is 12.7 Å². The topological polar surface area (TPSA) is 52.6 Å². The number of methoxy groups -OCH3 is 1. The van der Waals surface area contributed by atoms with Crippen molar-refractivity contribution >= 4 is 23.7 Å². The molecule has 0 unspecified atom stereocenters. The van der Waals surface area contributed by atoms with Crippen molar-refractivity contribution in [1.82, 2.24) is 0 Å². The maximum Gasteiger partial charge on any atom is 0.426 e. The van der Waals surface area contributed by atoms with Gasteiger partial charge in [-0.25, -0.2) is 9.59 Å². The summed E-state index contributed by atoms with van der Waals surface area (Å²) in [7, 11) is 0.729. The van der Waals surface area contributed by atoms with Crippen LogP contribution in [0.4, 0.5) is 17.6 Å². The van der Waals surface area contributed by atoms with Gasteiger partial charge in [-0.15, -0.1) is 0 Å². The lowest BCUT2D eigenvalue weighted by Crippen LogP contribution is -2.22. The van der Waals surface area contributed by atoms with Crippen molar-refractivity contribution in [2.24, 2.45) is 0 Å². The lowest BCUT2D eigenvalue weighted by Gasteiger charge is -2.12. The average molecular weight is 414 g/mol. The average Bonchev–Trinajstić information content (AvgIpc) is 2.63. The largest absolute Gasteiger partial charge is 0.465 e. The van der Waals surface area contributed by atoms with Crippen LogP contribution in [0.2, 0.25) is 0 Å². The van der Waals surface area contributed by atoms with Crippen LogP contribution in [0.3, 0.4) is 0 Å². The number of aryl methyl sites for hydroxylation is 1. The summed E-state index contributed by atoms with van der Waals surface area (Å²) in [4.78, 5) is 23.4. The van der Waals surface area contributed by atoms with Gasteiger partial charge in [0.2, 0.25) is 0 Å². The number of thioether (sulfide) groups is 1. The Morgan fingerprint density at radius 2 is 1.68 bits per heavy atom. The van der Waals surface area contributed by atoms with Gasteiger partial charge in [0.1, 0.15) is 5.75 Å². The second kappa shape index (κ2) is 8.92. The summed E-state index contributed by atoms with van der Waals surface area (Å²) in [5, 5.41) is -1.74. The SMILES string of the molecule is COC(=O)/C(=C(\F)Sc1ccc(OC(=O)c2ccccc2)cc1C)C(F)(F)F. The molecular formula is C19H14F4O4S. The molecule has 2 aromatic carbocycles. The number of rotatable bonds is 5. The molecule has 28 heavy (non-hydrogen) atoms. The van der Waals surface area contributed by atoms with Crippen molar-refractivity contribution in [3.63, 3.8) is 0 Å². The Bertz CT molecular complexity index is 908. The molecule has 0 aliphatic rings. The van der Waals surface area contributed by atoms with Gasteiger partial charge in [-0.3, -0.25) is 0 Å². The van der Waals surface area contributed by atoms with Crippen LogP contribution in [-0.4, -0.2) is 25.2 Å². The first-order valence-electron chi connectivity index (χ1n) is 7.74. The first-order chi connectivity index (χ1) is 13.1. The zero-order chi connectivity index (χ0) is 20.9. The van der Waals surface area contributed by atoms with E-state index in [0.717, 1.165) is 7.11 Å². The number of benzene rings is 2. The molecule has 0 spiro atoms. The molecule has 9 heteroatoms. The van der Waals surface area contributed by atoms with E-state index >= 15 is 0 Å². The molecule has 0 aliphatic carbocycles. The normalized spacial score (nSPS) is 12.2. The second-order valence-corrected chi connectivity index (χ2v) is 6.43. The van der Waals surface area contributed by atoms with Gasteiger partial charge >= 0.3 is 18.1 Å². The van der Waals surface area contributed by atoms with Crippen molar-refractivity contribution < 1.29 is 36.6 Å². The van der Waals surface area contributed by atoms with Crippen molar-refractivity contribution in [3.8, 4) is 5.75 Å². The Balaban J connectivity index is 2.23. The van der Waals surface area contributed by atoms with E-state index in [0.29, 0.717) is 11.1 Å². The summed E-state index contributed by atoms with van der Waals surface area (Å²) in [6, 6.07) is 12.2. The highest BCUT2D eigenvalue weighted by atomic mass is 32.2. The minimum atomic E-state index is -5.21. The summed E-state index contributed by atoms with van der Waals surface area (Å²) >= 11 is 0.124. The molecule has 0 fully saturated rings. The second-order valence-electron chi connectivity index (χ2n) is 5.42. The third-order valence-corrected chi connectivity index (χ3v) is 4.50. The molecule has 148 valence electrons. The molecule has 0 aliphatic heterocycles. The van der Waals surface area contributed by atoms with Gasteiger partial charge in [-0.2, -0.15) is 17.6 Å². The standard InChI is InChI=1S/C19H14F4O4S/c1-11-10-13(27-17(24)12-6-4-3-5-7-12)8-9-14(11)28-16(20)15(18(25)26-2)19(21,22)23/h3-10H,1-2H3/b16-15-. The zero-order valence-electron chi connectivity index (χ0n) is 14.7. The summed E-state index contributed by atoms with van der Waals surface area (Å²) in [6.45, 7) is 1.50. The number of halogens is 4. The summed E-state index contributed by atoms with van der Waals surface area (Å²) < 4.78 is 62.1.